The molecule has 0 amide bonds. The Morgan fingerprint density at radius 2 is 2.27 bits per heavy atom. The van der Waals surface area contributed by atoms with E-state index in [1.54, 1.807) is 12.4 Å². The molecule has 2 heterocycles. The van der Waals surface area contributed by atoms with E-state index < -0.39 is 0 Å². The Morgan fingerprint density at radius 1 is 1.36 bits per heavy atom. The molecule has 0 atom stereocenters. The predicted molar refractivity (Wildman–Crippen MR) is 46.0 cm³/mol. The van der Waals surface area contributed by atoms with Gasteiger partial charge in [-0.15, -0.1) is 0 Å². The molecule has 1 N–H and O–H groups in total. The molecule has 2 nitrogen and oxygen atoms in total. The van der Waals surface area contributed by atoms with Crippen LogP contribution in [-0.4, -0.2) is 4.98 Å². The van der Waals surface area contributed by atoms with Gasteiger partial charge in [0, 0.05) is 17.5 Å². The molecule has 2 heteroatoms. The molecule has 0 radical (unpaired) electrons. The molecule has 1 aliphatic rings. The summed E-state index contributed by atoms with van der Waals surface area (Å²) in [7, 11) is 0. The van der Waals surface area contributed by atoms with Crippen molar-refractivity contribution < 1.29 is 0 Å². The highest BCUT2D eigenvalue weighted by Crippen LogP contribution is 2.21. The number of rotatable bonds is 0. The van der Waals surface area contributed by atoms with Crippen LogP contribution in [0.4, 0.5) is 5.69 Å². The number of pyridine rings is 1. The van der Waals surface area contributed by atoms with Crippen LogP contribution >= 0.6 is 0 Å². The van der Waals surface area contributed by atoms with Crippen LogP contribution in [0, 0.1) is 0 Å². The summed E-state index contributed by atoms with van der Waals surface area (Å²) in [5, 5.41) is 3.12. The maximum Gasteiger partial charge on any atom is 0.0644 e. The standard InChI is InChI=1S/C9H8N2/c1-7-2-3-8-4-5-10-6-9(8)11-7/h2-6,11H,1H2. The number of hydrogen-bond acceptors (Lipinski definition) is 2. The molecule has 1 aromatic rings. The van der Waals surface area contributed by atoms with E-state index in [1.807, 2.05) is 18.2 Å². The van der Waals surface area contributed by atoms with E-state index in [9.17, 15) is 0 Å². The molecule has 0 spiro atoms. The third kappa shape index (κ3) is 1.03. The van der Waals surface area contributed by atoms with Gasteiger partial charge in [0.05, 0.1) is 11.9 Å². The van der Waals surface area contributed by atoms with E-state index in [1.165, 1.54) is 0 Å². The van der Waals surface area contributed by atoms with Crippen LogP contribution in [0.1, 0.15) is 5.56 Å². The minimum absolute atomic E-state index is 0.908. The van der Waals surface area contributed by atoms with Crippen LogP contribution in [0.3, 0.4) is 0 Å². The minimum atomic E-state index is 0.908. The van der Waals surface area contributed by atoms with Gasteiger partial charge in [0.2, 0.25) is 0 Å². The van der Waals surface area contributed by atoms with Gasteiger partial charge in [0.25, 0.3) is 0 Å². The van der Waals surface area contributed by atoms with Crippen molar-refractivity contribution in [1.29, 1.82) is 0 Å². The summed E-state index contributed by atoms with van der Waals surface area (Å²) in [6.07, 6.45) is 7.54. The smallest absolute Gasteiger partial charge is 0.0644 e. The number of aromatic nitrogens is 1. The van der Waals surface area contributed by atoms with Crippen LogP contribution in [0.5, 0.6) is 0 Å². The molecule has 0 saturated carbocycles. The summed E-state index contributed by atoms with van der Waals surface area (Å²) in [4.78, 5) is 3.99. The van der Waals surface area contributed by atoms with Crippen LogP contribution in [0.25, 0.3) is 6.08 Å². The molecular formula is C9H8N2. The second-order valence-electron chi connectivity index (χ2n) is 2.45. The summed E-state index contributed by atoms with van der Waals surface area (Å²) < 4.78 is 0. The third-order valence-electron chi connectivity index (χ3n) is 1.61. The summed E-state index contributed by atoms with van der Waals surface area (Å²) >= 11 is 0. The number of allylic oxidation sites excluding steroid dienone is 1. The van der Waals surface area contributed by atoms with Crippen LogP contribution < -0.4 is 5.32 Å². The monoisotopic (exact) mass is 144 g/mol. The summed E-state index contributed by atoms with van der Waals surface area (Å²) in [5.41, 5.74) is 3.10. The second kappa shape index (κ2) is 2.23. The average molecular weight is 144 g/mol. The third-order valence-corrected chi connectivity index (χ3v) is 1.61. The fourth-order valence-electron chi connectivity index (χ4n) is 1.06. The van der Waals surface area contributed by atoms with Gasteiger partial charge in [0.15, 0.2) is 0 Å². The molecule has 1 aliphatic heterocycles. The van der Waals surface area contributed by atoms with Gasteiger partial charge in [-0.1, -0.05) is 12.7 Å². The molecule has 0 unspecified atom stereocenters. The van der Waals surface area contributed by atoms with Gasteiger partial charge in [-0.25, -0.2) is 0 Å². The molecule has 11 heavy (non-hydrogen) atoms. The lowest BCUT2D eigenvalue weighted by atomic mass is 10.1. The number of nitrogens with zero attached hydrogens (tertiary/aromatic N) is 1. The largest absolute Gasteiger partial charge is 0.354 e. The van der Waals surface area contributed by atoms with E-state index in [0.717, 1.165) is 16.9 Å². The van der Waals surface area contributed by atoms with E-state index >= 15 is 0 Å². The Kier molecular flexibility index (Phi) is 1.25. The van der Waals surface area contributed by atoms with Gasteiger partial charge < -0.3 is 5.32 Å². The van der Waals surface area contributed by atoms with Crippen LogP contribution in [-0.2, 0) is 0 Å². The Bertz CT molecular complexity index is 326. The Labute approximate surface area is 65.3 Å². The van der Waals surface area contributed by atoms with Crippen molar-refractivity contribution >= 4 is 11.8 Å². The van der Waals surface area contributed by atoms with Crippen molar-refractivity contribution in [2.75, 3.05) is 5.32 Å². The highest BCUT2D eigenvalue weighted by atomic mass is 14.9. The minimum Gasteiger partial charge on any atom is -0.354 e. The molecule has 1 aromatic heterocycles. The zero-order valence-corrected chi connectivity index (χ0v) is 6.04. The molecular weight excluding hydrogens is 136 g/mol. The van der Waals surface area contributed by atoms with E-state index in [2.05, 4.69) is 16.9 Å². The molecule has 0 saturated heterocycles. The summed E-state index contributed by atoms with van der Waals surface area (Å²) in [6, 6.07) is 1.96. The average Bonchev–Trinajstić information content (AvgIpc) is 2.04. The number of nitrogens with one attached hydrogen (secondary N) is 1. The quantitative estimate of drug-likeness (QED) is 0.602. The fourth-order valence-corrected chi connectivity index (χ4v) is 1.06. The topological polar surface area (TPSA) is 24.9 Å². The molecule has 2 rings (SSSR count). The van der Waals surface area contributed by atoms with Gasteiger partial charge >= 0.3 is 0 Å². The molecule has 0 aliphatic carbocycles. The van der Waals surface area contributed by atoms with Crippen molar-refractivity contribution in [1.82, 2.24) is 4.98 Å². The molecule has 0 fully saturated rings. The van der Waals surface area contributed by atoms with Crippen LogP contribution in [0.15, 0.2) is 36.8 Å². The number of fused-ring (bicyclic) bond motifs is 1. The maximum atomic E-state index is 3.99. The summed E-state index contributed by atoms with van der Waals surface area (Å²) in [5.74, 6) is 0. The van der Waals surface area contributed by atoms with Crippen molar-refractivity contribution in [3.63, 3.8) is 0 Å². The lowest BCUT2D eigenvalue weighted by Gasteiger charge is -2.12. The molecule has 0 bridgehead atoms. The molecule has 0 aromatic carbocycles. The van der Waals surface area contributed by atoms with E-state index in [0.29, 0.717) is 0 Å². The highest BCUT2D eigenvalue weighted by molar-refractivity contribution is 5.73. The zero-order chi connectivity index (χ0) is 7.68. The van der Waals surface area contributed by atoms with E-state index in [-0.39, 0.29) is 0 Å². The van der Waals surface area contributed by atoms with Crippen molar-refractivity contribution in [3.8, 4) is 0 Å². The fraction of sp³-hybridized carbons (Fsp3) is 0. The van der Waals surface area contributed by atoms with Gasteiger partial charge in [-0.3, -0.25) is 4.98 Å². The van der Waals surface area contributed by atoms with Crippen molar-refractivity contribution in [2.45, 2.75) is 0 Å². The number of anilines is 1. The first-order chi connectivity index (χ1) is 5.36. The Balaban J connectivity index is 2.54. The Hall–Kier alpha value is -1.57. The molecule has 54 valence electrons. The highest BCUT2D eigenvalue weighted by Gasteiger charge is 2.03. The maximum absolute atomic E-state index is 3.99. The Morgan fingerprint density at radius 3 is 3.18 bits per heavy atom. The van der Waals surface area contributed by atoms with Crippen molar-refractivity contribution in [3.05, 3.63) is 42.4 Å². The van der Waals surface area contributed by atoms with E-state index in [4.69, 9.17) is 0 Å². The first-order valence-corrected chi connectivity index (χ1v) is 3.44. The van der Waals surface area contributed by atoms with Gasteiger partial charge in [-0.05, 0) is 12.1 Å². The summed E-state index contributed by atoms with van der Waals surface area (Å²) in [6.45, 7) is 3.79. The zero-order valence-electron chi connectivity index (χ0n) is 6.04. The van der Waals surface area contributed by atoms with Crippen LogP contribution in [0.2, 0.25) is 0 Å². The lowest BCUT2D eigenvalue weighted by Crippen LogP contribution is -2.01. The SMILES string of the molecule is C=C1C=Cc2ccncc2N1. The van der Waals surface area contributed by atoms with Crippen molar-refractivity contribution in [2.24, 2.45) is 0 Å². The predicted octanol–water partition coefficient (Wildman–Crippen LogP) is 2.03. The number of hydrogen-bond donors (Lipinski definition) is 1. The van der Waals surface area contributed by atoms with Gasteiger partial charge in [0.1, 0.15) is 0 Å². The first kappa shape index (κ1) is 6.16. The van der Waals surface area contributed by atoms with Gasteiger partial charge in [-0.2, -0.15) is 0 Å². The lowest BCUT2D eigenvalue weighted by molar-refractivity contribution is 1.29. The first-order valence-electron chi connectivity index (χ1n) is 3.44. The normalized spacial score (nSPS) is 14.0. The second-order valence-corrected chi connectivity index (χ2v) is 2.45.